The minimum Gasteiger partial charge on any atom is -0.387 e. The molecule has 1 aliphatic heterocycles. The van der Waals surface area contributed by atoms with Crippen LogP contribution in [0.1, 0.15) is 29.7 Å². The van der Waals surface area contributed by atoms with E-state index in [1.165, 1.54) is 23.3 Å². The Kier molecular flexibility index (Phi) is 5.18. The van der Waals surface area contributed by atoms with Crippen molar-refractivity contribution in [2.45, 2.75) is 31.9 Å². The van der Waals surface area contributed by atoms with Gasteiger partial charge in [-0.15, -0.1) is 11.3 Å². The first kappa shape index (κ1) is 15.0. The van der Waals surface area contributed by atoms with E-state index in [0.29, 0.717) is 23.7 Å². The molecule has 0 radical (unpaired) electrons. The van der Waals surface area contributed by atoms with Crippen molar-refractivity contribution < 1.29 is 8.78 Å². The Bertz CT molecular complexity index is 565. The largest absolute Gasteiger partial charge is 0.387 e. The predicted molar refractivity (Wildman–Crippen MR) is 79.9 cm³/mol. The van der Waals surface area contributed by atoms with Crippen LogP contribution in [0.2, 0.25) is 0 Å². The maximum Gasteiger partial charge on any atom is 0.278 e. The van der Waals surface area contributed by atoms with Gasteiger partial charge in [-0.25, -0.2) is 18.2 Å². The quantitative estimate of drug-likeness (QED) is 0.498. The van der Waals surface area contributed by atoms with E-state index in [1.807, 2.05) is 6.92 Å². The van der Waals surface area contributed by atoms with Crippen molar-refractivity contribution in [3.05, 3.63) is 16.1 Å². The number of alkyl halides is 2. The van der Waals surface area contributed by atoms with Crippen LogP contribution in [-0.4, -0.2) is 28.7 Å². The van der Waals surface area contributed by atoms with Crippen LogP contribution in [0.25, 0.3) is 0 Å². The molecule has 2 rings (SSSR count). The van der Waals surface area contributed by atoms with Crippen molar-refractivity contribution in [1.29, 1.82) is 0 Å². The van der Waals surface area contributed by atoms with Crippen LogP contribution in [0.4, 0.5) is 8.78 Å². The number of rotatable bonds is 6. The Morgan fingerprint density at radius 3 is 3.00 bits per heavy atom. The molecular formula is C11H13F2N5S2. The second-order valence-electron chi connectivity index (χ2n) is 3.94. The lowest BCUT2D eigenvalue weighted by atomic mass is 10.2. The molecule has 2 heterocycles. The van der Waals surface area contributed by atoms with E-state index in [2.05, 4.69) is 19.6 Å². The van der Waals surface area contributed by atoms with Crippen molar-refractivity contribution in [2.75, 3.05) is 0 Å². The van der Waals surface area contributed by atoms with Gasteiger partial charge in [-0.2, -0.15) is 10.2 Å². The fourth-order valence-corrected chi connectivity index (χ4v) is 3.00. The molecular weight excluding hydrogens is 304 g/mol. The summed E-state index contributed by atoms with van der Waals surface area (Å²) < 4.78 is 29.0. The Morgan fingerprint density at radius 1 is 1.55 bits per heavy atom. The van der Waals surface area contributed by atoms with E-state index in [1.54, 1.807) is 6.20 Å². The van der Waals surface area contributed by atoms with Crippen LogP contribution in [-0.2, 0) is 5.75 Å². The zero-order valence-electron chi connectivity index (χ0n) is 10.7. The Balaban J connectivity index is 1.91. The first-order valence-corrected chi connectivity index (χ1v) is 7.66. The lowest BCUT2D eigenvalue weighted by molar-refractivity contribution is 0.224. The summed E-state index contributed by atoms with van der Waals surface area (Å²) in [5.41, 5.74) is 5.95. The van der Waals surface area contributed by atoms with Crippen molar-refractivity contribution in [2.24, 2.45) is 20.3 Å². The first-order chi connectivity index (χ1) is 9.60. The summed E-state index contributed by atoms with van der Waals surface area (Å²) in [7, 11) is 0. The van der Waals surface area contributed by atoms with E-state index >= 15 is 0 Å². The molecule has 1 aromatic heterocycles. The van der Waals surface area contributed by atoms with Gasteiger partial charge in [0.2, 0.25) is 0 Å². The molecule has 2 N–H and O–H groups in total. The van der Waals surface area contributed by atoms with E-state index in [4.69, 9.17) is 5.73 Å². The molecule has 0 atom stereocenters. The van der Waals surface area contributed by atoms with Gasteiger partial charge in [0.05, 0.1) is 16.3 Å². The van der Waals surface area contributed by atoms with E-state index in [-0.39, 0.29) is 12.1 Å². The van der Waals surface area contributed by atoms with E-state index in [9.17, 15) is 8.78 Å². The van der Waals surface area contributed by atoms with Gasteiger partial charge in [-0.05, 0) is 11.9 Å². The van der Waals surface area contributed by atoms with E-state index in [0.717, 1.165) is 9.88 Å². The number of hydrogen-bond acceptors (Lipinski definition) is 6. The SMILES string of the molecule is CCC(N)=NSCc1ncc(C2=NN=C(C(F)F)C2)s1. The molecule has 0 fully saturated rings. The van der Waals surface area contributed by atoms with Gasteiger partial charge in [-0.3, -0.25) is 0 Å². The third kappa shape index (κ3) is 3.83. The first-order valence-electron chi connectivity index (χ1n) is 5.91. The minimum absolute atomic E-state index is 0.0907. The lowest BCUT2D eigenvalue weighted by Gasteiger charge is -1.96. The summed E-state index contributed by atoms with van der Waals surface area (Å²) in [4.78, 5) is 4.99. The number of halogens is 2. The molecule has 0 aromatic carbocycles. The summed E-state index contributed by atoms with van der Waals surface area (Å²) in [5, 5.41) is 8.13. The number of aromatic nitrogens is 1. The molecule has 0 saturated carbocycles. The fourth-order valence-electron chi connectivity index (χ4n) is 1.37. The number of hydrogen-bond donors (Lipinski definition) is 1. The molecule has 5 nitrogen and oxygen atoms in total. The zero-order valence-corrected chi connectivity index (χ0v) is 12.3. The number of nitrogens with two attached hydrogens (primary N) is 1. The van der Waals surface area contributed by atoms with Gasteiger partial charge in [0, 0.05) is 19.0 Å². The van der Waals surface area contributed by atoms with E-state index < -0.39 is 6.43 Å². The topological polar surface area (TPSA) is 76.0 Å². The van der Waals surface area contributed by atoms with Gasteiger partial charge in [-0.1, -0.05) is 6.92 Å². The second-order valence-corrected chi connectivity index (χ2v) is 5.79. The molecule has 0 unspecified atom stereocenters. The summed E-state index contributed by atoms with van der Waals surface area (Å²) in [6, 6.07) is 0. The minimum atomic E-state index is -2.55. The summed E-state index contributed by atoms with van der Waals surface area (Å²) in [6.45, 7) is 1.93. The summed E-state index contributed by atoms with van der Waals surface area (Å²) in [5.74, 6) is 1.18. The molecule has 0 saturated heterocycles. The highest BCUT2D eigenvalue weighted by Gasteiger charge is 2.23. The van der Waals surface area contributed by atoms with Gasteiger partial charge in [0.25, 0.3) is 6.43 Å². The number of nitrogens with zero attached hydrogens (tertiary/aromatic N) is 4. The second kappa shape index (κ2) is 6.89. The average molecular weight is 317 g/mol. The Morgan fingerprint density at radius 2 is 2.35 bits per heavy atom. The Labute approximate surface area is 123 Å². The molecule has 108 valence electrons. The molecule has 0 aliphatic carbocycles. The molecule has 0 spiro atoms. The van der Waals surface area contributed by atoms with Crippen molar-refractivity contribution >= 4 is 40.5 Å². The van der Waals surface area contributed by atoms with Crippen LogP contribution in [0, 0.1) is 0 Å². The molecule has 1 aromatic rings. The normalized spacial score (nSPS) is 15.7. The highest BCUT2D eigenvalue weighted by atomic mass is 32.2. The third-order valence-electron chi connectivity index (χ3n) is 2.47. The average Bonchev–Trinajstić information content (AvgIpc) is 3.06. The van der Waals surface area contributed by atoms with Crippen LogP contribution in [0.3, 0.4) is 0 Å². The standard InChI is InChI=1S/C11H13F2N5S2/c1-2-9(14)18-19-5-10-15-4-8(20-10)6-3-7(11(12)13)17-16-6/h4,11H,2-3,5H2,1H3,(H2,14,18). The maximum atomic E-state index is 12.5. The molecule has 9 heteroatoms. The molecule has 0 bridgehead atoms. The fraction of sp³-hybridized carbons (Fsp3) is 0.455. The van der Waals surface area contributed by atoms with Crippen LogP contribution in [0.15, 0.2) is 20.8 Å². The zero-order chi connectivity index (χ0) is 14.5. The van der Waals surface area contributed by atoms with Crippen molar-refractivity contribution in [3.8, 4) is 0 Å². The highest BCUT2D eigenvalue weighted by molar-refractivity contribution is 7.97. The van der Waals surface area contributed by atoms with Gasteiger partial charge >= 0.3 is 0 Å². The van der Waals surface area contributed by atoms with Crippen molar-refractivity contribution in [1.82, 2.24) is 4.98 Å². The maximum absolute atomic E-state index is 12.5. The molecule has 0 amide bonds. The van der Waals surface area contributed by atoms with Gasteiger partial charge < -0.3 is 5.73 Å². The number of thiazole rings is 1. The summed E-state index contributed by atoms with van der Waals surface area (Å²) in [6.07, 6.45) is -0.116. The Hall–Kier alpha value is -1.35. The lowest BCUT2D eigenvalue weighted by Crippen LogP contribution is -2.11. The predicted octanol–water partition coefficient (Wildman–Crippen LogP) is 2.87. The highest BCUT2D eigenvalue weighted by Crippen LogP contribution is 2.23. The van der Waals surface area contributed by atoms with Crippen LogP contribution >= 0.6 is 23.3 Å². The van der Waals surface area contributed by atoms with Crippen LogP contribution in [0.5, 0.6) is 0 Å². The van der Waals surface area contributed by atoms with Gasteiger partial charge in [0.1, 0.15) is 16.6 Å². The molecule has 20 heavy (non-hydrogen) atoms. The van der Waals surface area contributed by atoms with Gasteiger partial charge in [0.15, 0.2) is 0 Å². The summed E-state index contributed by atoms with van der Waals surface area (Å²) >= 11 is 2.73. The van der Waals surface area contributed by atoms with Crippen LogP contribution < -0.4 is 5.73 Å². The smallest absolute Gasteiger partial charge is 0.278 e. The van der Waals surface area contributed by atoms with Crippen molar-refractivity contribution in [3.63, 3.8) is 0 Å². The molecule has 1 aliphatic rings. The third-order valence-corrected chi connectivity index (χ3v) is 4.46. The monoisotopic (exact) mass is 317 g/mol. The number of amidine groups is 1.